The second-order valence-electron chi connectivity index (χ2n) is 6.15. The van der Waals surface area contributed by atoms with Crippen molar-refractivity contribution in [2.24, 2.45) is 0 Å². The minimum Gasteiger partial charge on any atom is -0.368 e. The lowest BCUT2D eigenvalue weighted by atomic mass is 10.3. The number of hydrogen-bond donors (Lipinski definition) is 2. The summed E-state index contributed by atoms with van der Waals surface area (Å²) in [5.74, 6) is 1.50. The van der Waals surface area contributed by atoms with Gasteiger partial charge in [-0.3, -0.25) is 4.79 Å². The normalized spacial score (nSPS) is 11.8. The molecule has 1 atom stereocenters. The standard InChI is InChI=1S/C19H22N6OS2/c1-13(28-12-16(26)25(2)11-15-9-6-10-27-15)17-22-18(20)24-19(23-17)21-14-7-4-3-5-8-14/h3-10,13H,11-12H2,1-2H3,(H3,20,21,22,23,24). The molecule has 9 heteroatoms. The largest absolute Gasteiger partial charge is 0.368 e. The van der Waals surface area contributed by atoms with Crippen molar-refractivity contribution < 1.29 is 4.79 Å². The molecular weight excluding hydrogens is 392 g/mol. The molecule has 28 heavy (non-hydrogen) atoms. The number of hydrogen-bond acceptors (Lipinski definition) is 8. The molecule has 3 N–H and O–H groups in total. The zero-order valence-electron chi connectivity index (χ0n) is 15.7. The Bertz CT molecular complexity index is 904. The summed E-state index contributed by atoms with van der Waals surface area (Å²) in [6, 6.07) is 13.6. The van der Waals surface area contributed by atoms with Crippen molar-refractivity contribution in [3.63, 3.8) is 0 Å². The summed E-state index contributed by atoms with van der Waals surface area (Å²) >= 11 is 3.12. The van der Waals surface area contributed by atoms with Crippen LogP contribution in [0.15, 0.2) is 47.8 Å². The van der Waals surface area contributed by atoms with Gasteiger partial charge in [-0.15, -0.1) is 23.1 Å². The first kappa shape index (κ1) is 20.1. The van der Waals surface area contributed by atoms with Gasteiger partial charge in [0.05, 0.1) is 17.5 Å². The second-order valence-corrected chi connectivity index (χ2v) is 8.51. The van der Waals surface area contributed by atoms with Crippen LogP contribution in [0.25, 0.3) is 0 Å². The van der Waals surface area contributed by atoms with Gasteiger partial charge in [0.1, 0.15) is 5.82 Å². The zero-order chi connectivity index (χ0) is 19.9. The minimum absolute atomic E-state index is 0.0647. The smallest absolute Gasteiger partial charge is 0.232 e. The molecule has 0 saturated heterocycles. The Hall–Kier alpha value is -2.65. The number of aromatic nitrogens is 3. The van der Waals surface area contributed by atoms with Crippen molar-refractivity contribution in [3.05, 3.63) is 58.5 Å². The number of benzene rings is 1. The molecule has 3 aromatic rings. The number of thiophene rings is 1. The first-order valence-corrected chi connectivity index (χ1v) is 10.7. The van der Waals surface area contributed by atoms with Gasteiger partial charge < -0.3 is 16.0 Å². The van der Waals surface area contributed by atoms with E-state index in [-0.39, 0.29) is 17.1 Å². The molecule has 3 rings (SSSR count). The van der Waals surface area contributed by atoms with Crippen LogP contribution in [0, 0.1) is 0 Å². The average Bonchev–Trinajstić information content (AvgIpc) is 3.19. The van der Waals surface area contributed by atoms with E-state index in [0.717, 1.165) is 10.6 Å². The van der Waals surface area contributed by atoms with Crippen molar-refractivity contribution in [1.29, 1.82) is 0 Å². The lowest BCUT2D eigenvalue weighted by molar-refractivity contribution is -0.127. The van der Waals surface area contributed by atoms with Gasteiger partial charge in [-0.25, -0.2) is 0 Å². The molecule has 0 aliphatic rings. The van der Waals surface area contributed by atoms with Crippen LogP contribution >= 0.6 is 23.1 Å². The lowest BCUT2D eigenvalue weighted by Gasteiger charge is -2.17. The number of thioether (sulfide) groups is 1. The summed E-state index contributed by atoms with van der Waals surface area (Å²) in [5.41, 5.74) is 6.71. The highest BCUT2D eigenvalue weighted by Gasteiger charge is 2.17. The summed E-state index contributed by atoms with van der Waals surface area (Å²) in [5, 5.41) is 5.04. The first-order valence-electron chi connectivity index (χ1n) is 8.72. The summed E-state index contributed by atoms with van der Waals surface area (Å²) in [6.45, 7) is 2.58. The van der Waals surface area contributed by atoms with Gasteiger partial charge in [0.25, 0.3) is 0 Å². The van der Waals surface area contributed by atoms with E-state index in [1.807, 2.05) is 61.8 Å². The fourth-order valence-corrected chi connectivity index (χ4v) is 4.03. The zero-order valence-corrected chi connectivity index (χ0v) is 17.3. The summed E-state index contributed by atoms with van der Waals surface area (Å²) in [6.07, 6.45) is 0. The minimum atomic E-state index is -0.0966. The topological polar surface area (TPSA) is 97.0 Å². The number of amides is 1. The maximum absolute atomic E-state index is 12.4. The number of anilines is 3. The van der Waals surface area contributed by atoms with E-state index < -0.39 is 0 Å². The van der Waals surface area contributed by atoms with E-state index in [2.05, 4.69) is 20.3 Å². The Morgan fingerprint density at radius 1 is 1.21 bits per heavy atom. The van der Waals surface area contributed by atoms with Crippen LogP contribution in [0.4, 0.5) is 17.6 Å². The first-order chi connectivity index (χ1) is 13.5. The Morgan fingerprint density at radius 2 is 2.00 bits per heavy atom. The molecular formula is C19H22N6OS2. The monoisotopic (exact) mass is 414 g/mol. The van der Waals surface area contributed by atoms with Crippen LogP contribution < -0.4 is 11.1 Å². The lowest BCUT2D eigenvalue weighted by Crippen LogP contribution is -2.27. The van der Waals surface area contributed by atoms with Gasteiger partial charge in [0.2, 0.25) is 17.8 Å². The molecule has 0 fully saturated rings. The number of para-hydroxylation sites is 1. The summed E-state index contributed by atoms with van der Waals surface area (Å²) in [7, 11) is 1.82. The Labute approximate surface area is 172 Å². The van der Waals surface area contributed by atoms with Crippen LogP contribution in [0.2, 0.25) is 0 Å². The number of nitrogens with zero attached hydrogens (tertiary/aromatic N) is 4. The van der Waals surface area contributed by atoms with Crippen molar-refractivity contribution in [2.45, 2.75) is 18.7 Å². The number of nitrogens with two attached hydrogens (primary N) is 1. The Morgan fingerprint density at radius 3 is 2.71 bits per heavy atom. The molecule has 0 aliphatic carbocycles. The van der Waals surface area contributed by atoms with Crippen LogP contribution in [0.5, 0.6) is 0 Å². The third-order valence-electron chi connectivity index (χ3n) is 3.92. The van der Waals surface area contributed by atoms with Gasteiger partial charge >= 0.3 is 0 Å². The third kappa shape index (κ3) is 5.67. The van der Waals surface area contributed by atoms with Crippen LogP contribution in [0.3, 0.4) is 0 Å². The van der Waals surface area contributed by atoms with Gasteiger partial charge in [-0.1, -0.05) is 24.3 Å². The molecule has 2 aromatic heterocycles. The van der Waals surface area contributed by atoms with Crippen molar-refractivity contribution in [3.8, 4) is 0 Å². The SMILES string of the molecule is CC(SCC(=O)N(C)Cc1cccs1)c1nc(N)nc(Nc2ccccc2)n1. The number of carbonyl (C=O) groups is 1. The van der Waals surface area contributed by atoms with E-state index >= 15 is 0 Å². The van der Waals surface area contributed by atoms with Crippen LogP contribution in [0.1, 0.15) is 22.9 Å². The van der Waals surface area contributed by atoms with E-state index in [1.54, 1.807) is 16.2 Å². The predicted octanol–water partition coefficient (Wildman–Crippen LogP) is 3.71. The number of rotatable bonds is 8. The molecule has 0 radical (unpaired) electrons. The highest BCUT2D eigenvalue weighted by atomic mass is 32.2. The molecule has 0 aliphatic heterocycles. The van der Waals surface area contributed by atoms with Crippen molar-refractivity contribution >= 4 is 46.6 Å². The fourth-order valence-electron chi connectivity index (χ4n) is 2.40. The second kappa shape index (κ2) is 9.52. The highest BCUT2D eigenvalue weighted by molar-refractivity contribution is 8.00. The molecule has 0 spiro atoms. The molecule has 1 aromatic carbocycles. The number of nitrogen functional groups attached to an aromatic ring is 1. The van der Waals surface area contributed by atoms with Crippen LogP contribution in [-0.4, -0.2) is 38.6 Å². The average molecular weight is 415 g/mol. The van der Waals surface area contributed by atoms with E-state index in [4.69, 9.17) is 5.73 Å². The summed E-state index contributed by atoms with van der Waals surface area (Å²) in [4.78, 5) is 28.1. The fraction of sp³-hybridized carbons (Fsp3) is 0.263. The van der Waals surface area contributed by atoms with Crippen molar-refractivity contribution in [1.82, 2.24) is 19.9 Å². The van der Waals surface area contributed by atoms with Crippen LogP contribution in [-0.2, 0) is 11.3 Å². The van der Waals surface area contributed by atoms with E-state index in [0.29, 0.717) is 24.1 Å². The predicted molar refractivity (Wildman–Crippen MR) is 116 cm³/mol. The van der Waals surface area contributed by atoms with Gasteiger partial charge in [-0.2, -0.15) is 15.0 Å². The number of carbonyl (C=O) groups excluding carboxylic acids is 1. The Balaban J connectivity index is 1.59. The molecule has 7 nitrogen and oxygen atoms in total. The molecule has 0 bridgehead atoms. The Kier molecular flexibility index (Phi) is 6.83. The molecule has 146 valence electrons. The molecule has 1 unspecified atom stereocenters. The maximum Gasteiger partial charge on any atom is 0.232 e. The van der Waals surface area contributed by atoms with E-state index in [1.165, 1.54) is 11.8 Å². The summed E-state index contributed by atoms with van der Waals surface area (Å²) < 4.78 is 0. The third-order valence-corrected chi connectivity index (χ3v) is 5.90. The molecule has 2 heterocycles. The quantitative estimate of drug-likeness (QED) is 0.580. The van der Waals surface area contributed by atoms with E-state index in [9.17, 15) is 4.79 Å². The van der Waals surface area contributed by atoms with Crippen molar-refractivity contribution in [2.75, 3.05) is 23.9 Å². The number of nitrogens with one attached hydrogen (secondary N) is 1. The molecule has 1 amide bonds. The molecule has 0 saturated carbocycles. The van der Waals surface area contributed by atoms with Gasteiger partial charge in [0.15, 0.2) is 0 Å². The van der Waals surface area contributed by atoms with Gasteiger partial charge in [0, 0.05) is 17.6 Å². The maximum atomic E-state index is 12.4. The highest BCUT2D eigenvalue weighted by Crippen LogP contribution is 2.27. The van der Waals surface area contributed by atoms with Gasteiger partial charge in [-0.05, 0) is 30.5 Å².